The SMILES string of the molecule is O=C(CCOc1ccccc1)N(CCBr)C1CCCC1. The second-order valence-corrected chi connectivity index (χ2v) is 5.92. The summed E-state index contributed by atoms with van der Waals surface area (Å²) in [6, 6.07) is 10.1. The quantitative estimate of drug-likeness (QED) is 0.710. The average molecular weight is 340 g/mol. The van der Waals surface area contributed by atoms with Crippen LogP contribution in [0.15, 0.2) is 30.3 Å². The van der Waals surface area contributed by atoms with Gasteiger partial charge in [-0.15, -0.1) is 0 Å². The minimum absolute atomic E-state index is 0.215. The van der Waals surface area contributed by atoms with Crippen LogP contribution in [0.25, 0.3) is 0 Å². The highest BCUT2D eigenvalue weighted by atomic mass is 79.9. The summed E-state index contributed by atoms with van der Waals surface area (Å²) in [5.74, 6) is 1.04. The van der Waals surface area contributed by atoms with Crippen molar-refractivity contribution in [3.05, 3.63) is 30.3 Å². The van der Waals surface area contributed by atoms with Crippen LogP contribution in [0.4, 0.5) is 0 Å². The van der Waals surface area contributed by atoms with E-state index in [2.05, 4.69) is 15.9 Å². The Labute approximate surface area is 129 Å². The largest absolute Gasteiger partial charge is 0.493 e. The van der Waals surface area contributed by atoms with Gasteiger partial charge in [0.15, 0.2) is 0 Å². The first-order valence-corrected chi connectivity index (χ1v) is 8.46. The highest BCUT2D eigenvalue weighted by Crippen LogP contribution is 2.24. The molecule has 1 aliphatic carbocycles. The van der Waals surface area contributed by atoms with E-state index < -0.39 is 0 Å². The predicted molar refractivity (Wildman–Crippen MR) is 84.3 cm³/mol. The van der Waals surface area contributed by atoms with Crippen LogP contribution in [0.1, 0.15) is 32.1 Å². The van der Waals surface area contributed by atoms with Crippen LogP contribution < -0.4 is 4.74 Å². The van der Waals surface area contributed by atoms with Gasteiger partial charge in [-0.1, -0.05) is 47.0 Å². The third kappa shape index (κ3) is 4.51. The van der Waals surface area contributed by atoms with Gasteiger partial charge in [0.2, 0.25) is 5.91 Å². The Balaban J connectivity index is 1.79. The fraction of sp³-hybridized carbons (Fsp3) is 0.562. The normalized spacial score (nSPS) is 15.2. The lowest BCUT2D eigenvalue weighted by molar-refractivity contribution is -0.133. The van der Waals surface area contributed by atoms with Gasteiger partial charge in [0, 0.05) is 17.9 Å². The summed E-state index contributed by atoms with van der Waals surface area (Å²) in [6.07, 6.45) is 5.25. The van der Waals surface area contributed by atoms with E-state index in [9.17, 15) is 4.79 Å². The van der Waals surface area contributed by atoms with Crippen molar-refractivity contribution >= 4 is 21.8 Å². The topological polar surface area (TPSA) is 29.5 Å². The van der Waals surface area contributed by atoms with E-state index in [1.807, 2.05) is 35.2 Å². The zero-order chi connectivity index (χ0) is 14.2. The van der Waals surface area contributed by atoms with Crippen molar-refractivity contribution in [1.82, 2.24) is 4.90 Å². The van der Waals surface area contributed by atoms with Gasteiger partial charge in [-0.05, 0) is 25.0 Å². The van der Waals surface area contributed by atoms with Crippen molar-refractivity contribution in [2.24, 2.45) is 0 Å². The number of para-hydroxylation sites is 1. The second kappa shape index (κ2) is 8.30. The average Bonchev–Trinajstić information content (AvgIpc) is 2.99. The smallest absolute Gasteiger partial charge is 0.226 e. The Bertz CT molecular complexity index is 404. The van der Waals surface area contributed by atoms with Gasteiger partial charge >= 0.3 is 0 Å². The molecule has 0 atom stereocenters. The van der Waals surface area contributed by atoms with Crippen molar-refractivity contribution < 1.29 is 9.53 Å². The molecule has 1 amide bonds. The van der Waals surface area contributed by atoms with E-state index in [0.717, 1.165) is 30.5 Å². The monoisotopic (exact) mass is 339 g/mol. The summed E-state index contributed by atoms with van der Waals surface area (Å²) in [5.41, 5.74) is 0. The Morgan fingerprint density at radius 1 is 1.25 bits per heavy atom. The molecule has 1 aliphatic rings. The highest BCUT2D eigenvalue weighted by molar-refractivity contribution is 9.09. The first kappa shape index (κ1) is 15.4. The molecule has 0 spiro atoms. The van der Waals surface area contributed by atoms with Crippen molar-refractivity contribution in [2.45, 2.75) is 38.1 Å². The molecule has 0 aromatic heterocycles. The number of rotatable bonds is 7. The predicted octanol–water partition coefficient (Wildman–Crippen LogP) is 3.62. The van der Waals surface area contributed by atoms with Crippen molar-refractivity contribution in [3.63, 3.8) is 0 Å². The lowest BCUT2D eigenvalue weighted by Gasteiger charge is -2.28. The molecule has 1 aromatic carbocycles. The third-order valence-electron chi connectivity index (χ3n) is 3.74. The number of ether oxygens (including phenoxy) is 1. The van der Waals surface area contributed by atoms with Gasteiger partial charge in [-0.25, -0.2) is 0 Å². The van der Waals surface area contributed by atoms with Crippen LogP contribution >= 0.6 is 15.9 Å². The molecular weight excluding hydrogens is 318 g/mol. The summed E-state index contributed by atoms with van der Waals surface area (Å²) < 4.78 is 5.61. The summed E-state index contributed by atoms with van der Waals surface area (Å²) >= 11 is 3.45. The number of benzene rings is 1. The van der Waals surface area contributed by atoms with E-state index in [4.69, 9.17) is 4.74 Å². The van der Waals surface area contributed by atoms with E-state index in [1.54, 1.807) is 0 Å². The maximum Gasteiger partial charge on any atom is 0.226 e. The van der Waals surface area contributed by atoms with Crippen LogP contribution in [0.2, 0.25) is 0 Å². The fourth-order valence-corrected chi connectivity index (χ4v) is 3.12. The Morgan fingerprint density at radius 3 is 2.60 bits per heavy atom. The lowest BCUT2D eigenvalue weighted by Crippen LogP contribution is -2.40. The molecule has 0 heterocycles. The number of carbonyl (C=O) groups is 1. The molecular formula is C16H22BrNO2. The van der Waals surface area contributed by atoms with Gasteiger partial charge in [0.05, 0.1) is 13.0 Å². The van der Waals surface area contributed by atoms with Crippen molar-refractivity contribution in [3.8, 4) is 5.75 Å². The van der Waals surface area contributed by atoms with Gasteiger partial charge in [-0.2, -0.15) is 0 Å². The summed E-state index contributed by atoms with van der Waals surface area (Å²) in [5, 5.41) is 0.842. The zero-order valence-corrected chi connectivity index (χ0v) is 13.3. The molecule has 20 heavy (non-hydrogen) atoms. The number of alkyl halides is 1. The molecule has 1 aromatic rings. The standard InChI is InChI=1S/C16H22BrNO2/c17-11-12-18(14-6-4-5-7-14)16(19)10-13-20-15-8-2-1-3-9-15/h1-3,8-9,14H,4-7,10-13H2. The second-order valence-electron chi connectivity index (χ2n) is 5.13. The number of amides is 1. The van der Waals surface area contributed by atoms with Gasteiger partial charge in [0.25, 0.3) is 0 Å². The highest BCUT2D eigenvalue weighted by Gasteiger charge is 2.25. The molecule has 0 aliphatic heterocycles. The van der Waals surface area contributed by atoms with Gasteiger partial charge in [-0.3, -0.25) is 4.79 Å². The summed E-state index contributed by atoms with van der Waals surface area (Å²) in [6.45, 7) is 1.25. The van der Waals surface area contributed by atoms with Crippen molar-refractivity contribution in [1.29, 1.82) is 0 Å². The fourth-order valence-electron chi connectivity index (χ4n) is 2.73. The number of hydrogen-bond donors (Lipinski definition) is 0. The number of hydrogen-bond acceptors (Lipinski definition) is 2. The molecule has 0 unspecified atom stereocenters. The Kier molecular flexibility index (Phi) is 6.37. The van der Waals surface area contributed by atoms with Crippen LogP contribution in [-0.4, -0.2) is 35.3 Å². The van der Waals surface area contributed by atoms with E-state index in [1.165, 1.54) is 12.8 Å². The van der Waals surface area contributed by atoms with Crippen LogP contribution in [-0.2, 0) is 4.79 Å². The number of nitrogens with zero attached hydrogens (tertiary/aromatic N) is 1. The maximum atomic E-state index is 12.3. The molecule has 4 heteroatoms. The van der Waals surface area contributed by atoms with Crippen molar-refractivity contribution in [2.75, 3.05) is 18.5 Å². The van der Waals surface area contributed by atoms with Crippen LogP contribution in [0, 0.1) is 0 Å². The summed E-state index contributed by atoms with van der Waals surface area (Å²) in [7, 11) is 0. The number of halogens is 1. The minimum atomic E-state index is 0.215. The molecule has 110 valence electrons. The van der Waals surface area contributed by atoms with Gasteiger partial charge < -0.3 is 9.64 Å². The molecule has 1 fully saturated rings. The minimum Gasteiger partial charge on any atom is -0.493 e. The van der Waals surface area contributed by atoms with Gasteiger partial charge in [0.1, 0.15) is 5.75 Å². The van der Waals surface area contributed by atoms with E-state index >= 15 is 0 Å². The molecule has 0 radical (unpaired) electrons. The van der Waals surface area contributed by atoms with E-state index in [0.29, 0.717) is 19.1 Å². The molecule has 3 nitrogen and oxygen atoms in total. The molecule has 0 N–H and O–H groups in total. The Hall–Kier alpha value is -1.03. The third-order valence-corrected chi connectivity index (χ3v) is 4.09. The van der Waals surface area contributed by atoms with Crippen LogP contribution in [0.3, 0.4) is 0 Å². The zero-order valence-electron chi connectivity index (χ0n) is 11.8. The first-order chi connectivity index (χ1) is 9.81. The summed E-state index contributed by atoms with van der Waals surface area (Å²) in [4.78, 5) is 14.4. The molecule has 0 bridgehead atoms. The molecule has 2 rings (SSSR count). The maximum absolute atomic E-state index is 12.3. The molecule has 0 saturated heterocycles. The van der Waals surface area contributed by atoms with Crippen LogP contribution in [0.5, 0.6) is 5.75 Å². The first-order valence-electron chi connectivity index (χ1n) is 7.34. The number of carbonyl (C=O) groups excluding carboxylic acids is 1. The lowest BCUT2D eigenvalue weighted by atomic mass is 10.2. The van der Waals surface area contributed by atoms with E-state index in [-0.39, 0.29) is 5.91 Å². The molecule has 1 saturated carbocycles. The Morgan fingerprint density at radius 2 is 1.95 bits per heavy atom.